The second kappa shape index (κ2) is 10.0. The lowest BCUT2D eigenvalue weighted by atomic mass is 10.1. The highest BCUT2D eigenvalue weighted by Crippen LogP contribution is 2.21. The Hall–Kier alpha value is -3.45. The lowest BCUT2D eigenvalue weighted by Crippen LogP contribution is -2.24. The smallest absolute Gasteiger partial charge is 0.357 e. The standard InChI is InChI=1S/C23H22ClN3O4/c1-3-4-21(28)25-18-11-7-16(8-12-18)22(29)14(2)31-23(30)20-13-19(26-27-20)15-5-9-17(24)10-6-15/h5-14H,3-4H2,1-2H3,(H,25,28)(H,26,27)/t14-/m0/s1. The number of anilines is 1. The highest BCUT2D eigenvalue weighted by molar-refractivity contribution is 6.30. The molecule has 7 nitrogen and oxygen atoms in total. The van der Waals surface area contributed by atoms with Crippen molar-refractivity contribution in [3.05, 3.63) is 70.9 Å². The average molecular weight is 440 g/mol. The molecular formula is C23H22ClN3O4. The Morgan fingerprint density at radius 1 is 1.10 bits per heavy atom. The number of aromatic amines is 1. The number of carbonyl (C=O) groups excluding carboxylic acids is 3. The van der Waals surface area contributed by atoms with Crippen molar-refractivity contribution in [2.24, 2.45) is 0 Å². The molecule has 0 aliphatic rings. The van der Waals surface area contributed by atoms with Gasteiger partial charge in [-0.05, 0) is 55.8 Å². The van der Waals surface area contributed by atoms with Gasteiger partial charge in [-0.25, -0.2) is 4.79 Å². The summed E-state index contributed by atoms with van der Waals surface area (Å²) in [6.07, 6.45) is 0.194. The van der Waals surface area contributed by atoms with E-state index in [2.05, 4.69) is 15.5 Å². The normalized spacial score (nSPS) is 11.6. The number of H-pyrrole nitrogens is 1. The van der Waals surface area contributed by atoms with Gasteiger partial charge in [0.2, 0.25) is 11.7 Å². The van der Waals surface area contributed by atoms with Crippen molar-refractivity contribution in [2.75, 3.05) is 5.32 Å². The van der Waals surface area contributed by atoms with E-state index in [0.717, 1.165) is 12.0 Å². The monoisotopic (exact) mass is 439 g/mol. The molecule has 0 fully saturated rings. The first-order chi connectivity index (χ1) is 14.9. The fourth-order valence-corrected chi connectivity index (χ4v) is 3.00. The van der Waals surface area contributed by atoms with Gasteiger partial charge in [0, 0.05) is 28.3 Å². The summed E-state index contributed by atoms with van der Waals surface area (Å²) in [5, 5.41) is 10.1. The number of esters is 1. The summed E-state index contributed by atoms with van der Waals surface area (Å²) >= 11 is 5.88. The maximum atomic E-state index is 12.6. The molecule has 0 radical (unpaired) electrons. The number of hydrogen-bond acceptors (Lipinski definition) is 5. The zero-order valence-corrected chi connectivity index (χ0v) is 17.9. The van der Waals surface area contributed by atoms with Crippen LogP contribution in [-0.4, -0.2) is 34.0 Å². The quantitative estimate of drug-likeness (QED) is 0.384. The average Bonchev–Trinajstić information content (AvgIpc) is 3.25. The van der Waals surface area contributed by atoms with Crippen LogP contribution in [0.1, 0.15) is 47.5 Å². The summed E-state index contributed by atoms with van der Waals surface area (Å²) in [5.74, 6) is -1.12. The number of Topliss-reactive ketones (excluding diaryl/α,β-unsaturated/α-hetero) is 1. The van der Waals surface area contributed by atoms with Gasteiger partial charge in [0.1, 0.15) is 5.69 Å². The fraction of sp³-hybridized carbons (Fsp3) is 0.217. The number of carbonyl (C=O) groups is 3. The third-order valence-corrected chi connectivity index (χ3v) is 4.77. The Bertz CT molecular complexity index is 1070. The van der Waals surface area contributed by atoms with Crippen molar-refractivity contribution in [3.8, 4) is 11.3 Å². The van der Waals surface area contributed by atoms with Crippen LogP contribution >= 0.6 is 11.6 Å². The van der Waals surface area contributed by atoms with Crippen molar-refractivity contribution in [3.63, 3.8) is 0 Å². The fourth-order valence-electron chi connectivity index (χ4n) is 2.88. The first-order valence-electron chi connectivity index (χ1n) is 9.84. The van der Waals surface area contributed by atoms with Crippen molar-refractivity contribution in [1.29, 1.82) is 0 Å². The molecule has 160 valence electrons. The Balaban J connectivity index is 1.61. The minimum absolute atomic E-state index is 0.0820. The van der Waals surface area contributed by atoms with E-state index in [1.165, 1.54) is 6.92 Å². The zero-order chi connectivity index (χ0) is 22.4. The molecule has 2 N–H and O–H groups in total. The van der Waals surface area contributed by atoms with E-state index >= 15 is 0 Å². The summed E-state index contributed by atoms with van der Waals surface area (Å²) in [7, 11) is 0. The topological polar surface area (TPSA) is 101 Å². The molecule has 0 unspecified atom stereocenters. The molecule has 31 heavy (non-hydrogen) atoms. The summed E-state index contributed by atoms with van der Waals surface area (Å²) in [4.78, 5) is 36.7. The number of nitrogens with zero attached hydrogens (tertiary/aromatic N) is 1. The van der Waals surface area contributed by atoms with Crippen LogP contribution in [0, 0.1) is 0 Å². The molecule has 1 amide bonds. The summed E-state index contributed by atoms with van der Waals surface area (Å²) in [6, 6.07) is 15.0. The minimum atomic E-state index is -0.990. The molecular weight excluding hydrogens is 418 g/mol. The van der Waals surface area contributed by atoms with Crippen LogP contribution in [0.2, 0.25) is 5.02 Å². The third-order valence-electron chi connectivity index (χ3n) is 4.52. The van der Waals surface area contributed by atoms with E-state index in [9.17, 15) is 14.4 Å². The number of aromatic nitrogens is 2. The number of ketones is 1. The van der Waals surface area contributed by atoms with Crippen LogP contribution in [0.3, 0.4) is 0 Å². The van der Waals surface area contributed by atoms with Crippen molar-refractivity contribution in [1.82, 2.24) is 10.2 Å². The van der Waals surface area contributed by atoms with Crippen molar-refractivity contribution < 1.29 is 19.1 Å². The zero-order valence-electron chi connectivity index (χ0n) is 17.1. The number of nitrogens with one attached hydrogen (secondary N) is 2. The summed E-state index contributed by atoms with van der Waals surface area (Å²) in [6.45, 7) is 3.43. The predicted octanol–water partition coefficient (Wildman–Crippen LogP) is 4.90. The van der Waals surface area contributed by atoms with Gasteiger partial charge in [0.15, 0.2) is 6.10 Å². The van der Waals surface area contributed by atoms with Crippen LogP contribution in [0.4, 0.5) is 5.69 Å². The van der Waals surface area contributed by atoms with E-state index < -0.39 is 12.1 Å². The van der Waals surface area contributed by atoms with E-state index in [0.29, 0.717) is 28.4 Å². The molecule has 1 heterocycles. The highest BCUT2D eigenvalue weighted by Gasteiger charge is 2.22. The molecule has 0 saturated carbocycles. The maximum absolute atomic E-state index is 12.6. The third kappa shape index (κ3) is 5.79. The van der Waals surface area contributed by atoms with Gasteiger partial charge in [0.05, 0.1) is 5.69 Å². The SMILES string of the molecule is CCCC(=O)Nc1ccc(C(=O)[C@H](C)OC(=O)c2cc(-c3ccc(Cl)cc3)n[nH]2)cc1. The van der Waals surface area contributed by atoms with Crippen molar-refractivity contribution in [2.45, 2.75) is 32.8 Å². The number of hydrogen-bond donors (Lipinski definition) is 2. The second-order valence-corrected chi connectivity index (χ2v) is 7.40. The Morgan fingerprint density at radius 2 is 1.77 bits per heavy atom. The molecule has 1 atom stereocenters. The van der Waals surface area contributed by atoms with E-state index in [1.807, 2.05) is 6.92 Å². The number of rotatable bonds is 8. The van der Waals surface area contributed by atoms with Crippen LogP contribution in [-0.2, 0) is 9.53 Å². The van der Waals surface area contributed by atoms with E-state index in [1.54, 1.807) is 54.6 Å². The molecule has 2 aromatic carbocycles. The maximum Gasteiger partial charge on any atom is 0.357 e. The molecule has 0 spiro atoms. The molecule has 0 aliphatic carbocycles. The first-order valence-corrected chi connectivity index (χ1v) is 10.2. The van der Waals surface area contributed by atoms with Crippen LogP contribution in [0.25, 0.3) is 11.3 Å². The molecule has 0 aliphatic heterocycles. The van der Waals surface area contributed by atoms with Crippen LogP contribution in [0.5, 0.6) is 0 Å². The lowest BCUT2D eigenvalue weighted by molar-refractivity contribution is -0.116. The van der Waals surface area contributed by atoms with Gasteiger partial charge < -0.3 is 10.1 Å². The van der Waals surface area contributed by atoms with Gasteiger partial charge in [0.25, 0.3) is 0 Å². The van der Waals surface area contributed by atoms with Gasteiger partial charge in [-0.15, -0.1) is 0 Å². The molecule has 3 rings (SSSR count). The molecule has 3 aromatic rings. The van der Waals surface area contributed by atoms with Crippen LogP contribution in [0.15, 0.2) is 54.6 Å². The minimum Gasteiger partial charge on any atom is -0.450 e. The molecule has 8 heteroatoms. The summed E-state index contributed by atoms with van der Waals surface area (Å²) < 4.78 is 5.30. The van der Waals surface area contributed by atoms with Gasteiger partial charge in [-0.2, -0.15) is 5.10 Å². The highest BCUT2D eigenvalue weighted by atomic mass is 35.5. The molecule has 0 saturated heterocycles. The largest absolute Gasteiger partial charge is 0.450 e. The first kappa shape index (κ1) is 22.2. The Morgan fingerprint density at radius 3 is 2.42 bits per heavy atom. The number of halogens is 1. The molecule has 0 bridgehead atoms. The Labute approximate surface area is 184 Å². The van der Waals surface area contributed by atoms with Crippen LogP contribution < -0.4 is 5.32 Å². The molecule has 1 aromatic heterocycles. The number of benzene rings is 2. The van der Waals surface area contributed by atoms with Gasteiger partial charge in [-0.3, -0.25) is 14.7 Å². The van der Waals surface area contributed by atoms with Gasteiger partial charge >= 0.3 is 5.97 Å². The van der Waals surface area contributed by atoms with E-state index in [-0.39, 0.29) is 17.4 Å². The lowest BCUT2D eigenvalue weighted by Gasteiger charge is -2.12. The van der Waals surface area contributed by atoms with E-state index in [4.69, 9.17) is 16.3 Å². The summed E-state index contributed by atoms with van der Waals surface area (Å²) in [5.41, 5.74) is 2.46. The second-order valence-electron chi connectivity index (χ2n) is 6.96. The van der Waals surface area contributed by atoms with Gasteiger partial charge in [-0.1, -0.05) is 30.7 Å². The predicted molar refractivity (Wildman–Crippen MR) is 118 cm³/mol. The number of amides is 1. The number of ether oxygens (including phenoxy) is 1. The Kier molecular flexibility index (Phi) is 7.20. The van der Waals surface area contributed by atoms with Crippen molar-refractivity contribution >= 4 is 34.9 Å².